The van der Waals surface area contributed by atoms with Crippen LogP contribution < -0.4 is 25.0 Å². The van der Waals surface area contributed by atoms with E-state index in [0.717, 1.165) is 55.6 Å². The maximum Gasteiger partial charge on any atom is 0.191 e. The first kappa shape index (κ1) is 19.6. The van der Waals surface area contributed by atoms with Crippen LogP contribution in [0.1, 0.15) is 12.8 Å². The lowest BCUT2D eigenvalue weighted by Crippen LogP contribution is -2.44. The van der Waals surface area contributed by atoms with Gasteiger partial charge in [-0.15, -0.1) is 0 Å². The molecular formula is C18H30N4O2S. The molecule has 0 amide bonds. The molecule has 7 heteroatoms. The molecule has 2 rings (SSSR count). The molecule has 0 spiro atoms. The minimum Gasteiger partial charge on any atom is -0.497 e. The van der Waals surface area contributed by atoms with Gasteiger partial charge in [0.25, 0.3) is 0 Å². The first-order valence-electron chi connectivity index (χ1n) is 8.64. The van der Waals surface area contributed by atoms with Crippen molar-refractivity contribution in [3.05, 3.63) is 18.2 Å². The molecule has 1 aliphatic rings. The molecular weight excluding hydrogens is 336 g/mol. The van der Waals surface area contributed by atoms with Gasteiger partial charge in [0.2, 0.25) is 0 Å². The SMILES string of the molecule is CN=C(NCCCSC)NC1CCN(c2cc(OC)cc(OC)c2)C1. The number of guanidine groups is 1. The van der Waals surface area contributed by atoms with Crippen molar-refractivity contribution < 1.29 is 9.47 Å². The number of nitrogens with zero attached hydrogens (tertiary/aromatic N) is 2. The van der Waals surface area contributed by atoms with Crippen molar-refractivity contribution in [3.8, 4) is 11.5 Å². The van der Waals surface area contributed by atoms with E-state index >= 15 is 0 Å². The van der Waals surface area contributed by atoms with Gasteiger partial charge in [-0.05, 0) is 24.9 Å². The third-order valence-electron chi connectivity index (χ3n) is 4.27. The third kappa shape index (κ3) is 5.92. The summed E-state index contributed by atoms with van der Waals surface area (Å²) in [4.78, 5) is 6.68. The standard InChI is InChI=1S/C18H30N4O2S/c1-19-18(20-7-5-9-25-4)21-14-6-8-22(13-14)15-10-16(23-2)12-17(11-15)24-3/h10-12,14H,5-9,13H2,1-4H3,(H2,19,20,21). The van der Waals surface area contributed by atoms with E-state index < -0.39 is 0 Å². The second kappa shape index (κ2) is 10.3. The number of anilines is 1. The van der Waals surface area contributed by atoms with Gasteiger partial charge in [0.05, 0.1) is 14.2 Å². The number of ether oxygens (including phenoxy) is 2. The predicted octanol–water partition coefficient (Wildman–Crippen LogP) is 2.20. The Balaban J connectivity index is 1.90. The lowest BCUT2D eigenvalue weighted by atomic mass is 10.2. The molecule has 1 aliphatic heterocycles. The Morgan fingerprint density at radius 1 is 1.28 bits per heavy atom. The maximum absolute atomic E-state index is 5.38. The fourth-order valence-electron chi connectivity index (χ4n) is 2.90. The average Bonchev–Trinajstić information content (AvgIpc) is 3.12. The number of nitrogens with one attached hydrogen (secondary N) is 2. The van der Waals surface area contributed by atoms with Crippen LogP contribution in [0.15, 0.2) is 23.2 Å². The van der Waals surface area contributed by atoms with E-state index in [1.54, 1.807) is 14.2 Å². The zero-order chi connectivity index (χ0) is 18.1. The Labute approximate surface area is 155 Å². The fourth-order valence-corrected chi connectivity index (χ4v) is 3.33. The van der Waals surface area contributed by atoms with Gasteiger partial charge >= 0.3 is 0 Å². The number of benzene rings is 1. The lowest BCUT2D eigenvalue weighted by molar-refractivity contribution is 0.394. The first-order chi connectivity index (χ1) is 12.2. The van der Waals surface area contributed by atoms with Gasteiger partial charge in [0.15, 0.2) is 5.96 Å². The van der Waals surface area contributed by atoms with Gasteiger partial charge in [0.1, 0.15) is 11.5 Å². The Morgan fingerprint density at radius 2 is 2.00 bits per heavy atom. The molecule has 1 aromatic carbocycles. The highest BCUT2D eigenvalue weighted by Crippen LogP contribution is 2.30. The van der Waals surface area contributed by atoms with Crippen LogP contribution in [0.4, 0.5) is 5.69 Å². The summed E-state index contributed by atoms with van der Waals surface area (Å²) in [6.07, 6.45) is 4.35. The number of methoxy groups -OCH3 is 2. The summed E-state index contributed by atoms with van der Waals surface area (Å²) in [5.74, 6) is 3.68. The van der Waals surface area contributed by atoms with Crippen molar-refractivity contribution in [2.75, 3.05) is 57.8 Å². The van der Waals surface area contributed by atoms with E-state index in [4.69, 9.17) is 9.47 Å². The first-order valence-corrected chi connectivity index (χ1v) is 10.0. The Morgan fingerprint density at radius 3 is 2.60 bits per heavy atom. The number of aliphatic imine (C=N–C) groups is 1. The monoisotopic (exact) mass is 366 g/mol. The molecule has 6 nitrogen and oxygen atoms in total. The van der Waals surface area contributed by atoms with Gasteiger partial charge in [-0.3, -0.25) is 4.99 Å². The average molecular weight is 367 g/mol. The summed E-state index contributed by atoms with van der Waals surface area (Å²) < 4.78 is 10.8. The van der Waals surface area contributed by atoms with E-state index in [-0.39, 0.29) is 0 Å². The van der Waals surface area contributed by atoms with Gasteiger partial charge in [-0.2, -0.15) is 11.8 Å². The largest absolute Gasteiger partial charge is 0.497 e. The van der Waals surface area contributed by atoms with Gasteiger partial charge < -0.3 is 25.0 Å². The smallest absolute Gasteiger partial charge is 0.191 e. The van der Waals surface area contributed by atoms with Crippen molar-refractivity contribution in [2.24, 2.45) is 4.99 Å². The van der Waals surface area contributed by atoms with E-state index in [1.165, 1.54) is 5.75 Å². The number of hydrogen-bond acceptors (Lipinski definition) is 5. The summed E-state index contributed by atoms with van der Waals surface area (Å²) in [5, 5.41) is 6.92. The molecule has 0 radical (unpaired) electrons. The van der Waals surface area contributed by atoms with Crippen LogP contribution in [-0.4, -0.2) is 64.9 Å². The predicted molar refractivity (Wildman–Crippen MR) is 108 cm³/mol. The summed E-state index contributed by atoms with van der Waals surface area (Å²) in [7, 11) is 5.18. The lowest BCUT2D eigenvalue weighted by Gasteiger charge is -2.21. The van der Waals surface area contributed by atoms with Crippen LogP contribution in [0, 0.1) is 0 Å². The van der Waals surface area contributed by atoms with Crippen LogP contribution in [0.2, 0.25) is 0 Å². The van der Waals surface area contributed by atoms with E-state index in [9.17, 15) is 0 Å². The molecule has 0 bridgehead atoms. The highest BCUT2D eigenvalue weighted by atomic mass is 32.2. The van der Waals surface area contributed by atoms with Crippen molar-refractivity contribution in [3.63, 3.8) is 0 Å². The molecule has 1 saturated heterocycles. The van der Waals surface area contributed by atoms with Crippen LogP contribution in [0.25, 0.3) is 0 Å². The zero-order valence-corrected chi connectivity index (χ0v) is 16.5. The molecule has 25 heavy (non-hydrogen) atoms. The number of rotatable bonds is 8. The van der Waals surface area contributed by atoms with Crippen molar-refractivity contribution in [1.82, 2.24) is 10.6 Å². The second-order valence-corrected chi connectivity index (χ2v) is 6.98. The van der Waals surface area contributed by atoms with E-state index in [0.29, 0.717) is 6.04 Å². The number of thioether (sulfide) groups is 1. The molecule has 2 N–H and O–H groups in total. The molecule has 140 valence electrons. The van der Waals surface area contributed by atoms with Crippen LogP contribution >= 0.6 is 11.8 Å². The normalized spacial score (nSPS) is 17.5. The molecule has 0 saturated carbocycles. The van der Waals surface area contributed by atoms with E-state index in [2.05, 4.69) is 38.9 Å². The minimum absolute atomic E-state index is 0.379. The Hall–Kier alpha value is -1.76. The molecule has 1 atom stereocenters. The Kier molecular flexibility index (Phi) is 8.04. The molecule has 1 aromatic rings. The highest BCUT2D eigenvalue weighted by molar-refractivity contribution is 7.98. The topological polar surface area (TPSA) is 58.1 Å². The number of hydrogen-bond donors (Lipinski definition) is 2. The van der Waals surface area contributed by atoms with Crippen LogP contribution in [0.5, 0.6) is 11.5 Å². The van der Waals surface area contributed by atoms with Crippen molar-refractivity contribution in [2.45, 2.75) is 18.9 Å². The summed E-state index contributed by atoms with van der Waals surface area (Å²) in [6.45, 7) is 2.88. The van der Waals surface area contributed by atoms with E-state index in [1.807, 2.05) is 24.9 Å². The van der Waals surface area contributed by atoms with Crippen molar-refractivity contribution in [1.29, 1.82) is 0 Å². The summed E-state index contributed by atoms with van der Waals surface area (Å²) >= 11 is 1.87. The summed E-state index contributed by atoms with van der Waals surface area (Å²) in [6, 6.07) is 6.39. The highest BCUT2D eigenvalue weighted by Gasteiger charge is 2.24. The van der Waals surface area contributed by atoms with Crippen molar-refractivity contribution >= 4 is 23.4 Å². The Bertz CT molecular complexity index is 546. The van der Waals surface area contributed by atoms with Gasteiger partial charge in [-0.25, -0.2) is 0 Å². The van der Waals surface area contributed by atoms with Gasteiger partial charge in [0, 0.05) is 56.6 Å². The quantitative estimate of drug-likeness (QED) is 0.418. The molecule has 0 aliphatic carbocycles. The minimum atomic E-state index is 0.379. The van der Waals surface area contributed by atoms with Crippen LogP contribution in [-0.2, 0) is 0 Å². The molecule has 1 fully saturated rings. The summed E-state index contributed by atoms with van der Waals surface area (Å²) in [5.41, 5.74) is 1.13. The molecule has 1 unspecified atom stereocenters. The zero-order valence-electron chi connectivity index (χ0n) is 15.7. The molecule has 1 heterocycles. The fraction of sp³-hybridized carbons (Fsp3) is 0.611. The maximum atomic E-state index is 5.38. The molecule has 0 aromatic heterocycles. The second-order valence-electron chi connectivity index (χ2n) is 5.99. The third-order valence-corrected chi connectivity index (χ3v) is 4.97. The van der Waals surface area contributed by atoms with Gasteiger partial charge in [-0.1, -0.05) is 0 Å². The van der Waals surface area contributed by atoms with Crippen LogP contribution in [0.3, 0.4) is 0 Å².